The highest BCUT2D eigenvalue weighted by Gasteiger charge is 2.31. The molecule has 3 rings (SSSR count). The highest BCUT2D eigenvalue weighted by atomic mass is 32.1. The van der Waals surface area contributed by atoms with E-state index in [1.54, 1.807) is 35.7 Å². The minimum Gasteiger partial charge on any atom is -0.479 e. The number of hydrogen-bond acceptors (Lipinski definition) is 5. The van der Waals surface area contributed by atoms with Gasteiger partial charge < -0.3 is 15.2 Å². The second kappa shape index (κ2) is 8.95. The Kier molecular flexibility index (Phi) is 6.36. The van der Waals surface area contributed by atoms with E-state index >= 15 is 0 Å². The molecule has 0 aliphatic rings. The van der Waals surface area contributed by atoms with Gasteiger partial charge in [0.1, 0.15) is 10.8 Å². The van der Waals surface area contributed by atoms with Crippen LogP contribution >= 0.6 is 11.3 Å². The number of halogens is 3. The van der Waals surface area contributed by atoms with Crippen molar-refractivity contribution in [1.82, 2.24) is 10.3 Å². The van der Waals surface area contributed by atoms with Crippen molar-refractivity contribution in [3.8, 4) is 16.3 Å². The largest absolute Gasteiger partial charge is 0.573 e. The smallest absolute Gasteiger partial charge is 0.479 e. The first-order chi connectivity index (χ1) is 14.2. The summed E-state index contributed by atoms with van der Waals surface area (Å²) in [5, 5.41) is 14.0. The summed E-state index contributed by atoms with van der Waals surface area (Å²) in [5.41, 5.74) is 1.42. The normalized spacial score (nSPS) is 12.2. The Morgan fingerprint density at radius 2 is 1.77 bits per heavy atom. The number of carbonyl (C=O) groups excluding carboxylic acids is 1. The number of aromatic nitrogens is 1. The van der Waals surface area contributed by atoms with E-state index in [-0.39, 0.29) is 12.2 Å². The molecule has 0 aliphatic carbocycles. The van der Waals surface area contributed by atoms with Crippen LogP contribution in [-0.2, 0) is 16.0 Å². The molecule has 30 heavy (non-hydrogen) atoms. The molecule has 1 aromatic heterocycles. The van der Waals surface area contributed by atoms with Gasteiger partial charge >= 0.3 is 12.3 Å². The monoisotopic (exact) mass is 436 g/mol. The third kappa shape index (κ3) is 5.80. The van der Waals surface area contributed by atoms with Crippen LogP contribution in [0.3, 0.4) is 0 Å². The predicted octanol–water partition coefficient (Wildman–Crippen LogP) is 4.19. The maximum absolute atomic E-state index is 12.3. The molecule has 156 valence electrons. The van der Waals surface area contributed by atoms with Crippen LogP contribution in [0.5, 0.6) is 5.75 Å². The maximum Gasteiger partial charge on any atom is 0.573 e. The van der Waals surface area contributed by atoms with Gasteiger partial charge in [-0.05, 0) is 29.8 Å². The predicted molar refractivity (Wildman–Crippen MR) is 103 cm³/mol. The summed E-state index contributed by atoms with van der Waals surface area (Å²) in [5.74, 6) is -2.05. The molecule has 1 atom stereocenters. The molecule has 0 saturated carbocycles. The molecular formula is C20H15F3N2O4S. The number of benzene rings is 2. The Morgan fingerprint density at radius 3 is 2.37 bits per heavy atom. The van der Waals surface area contributed by atoms with E-state index in [1.807, 2.05) is 0 Å². The SMILES string of the molecule is O=C(Cc1csc(-c2ccc(OC(F)(F)F)cc2)n1)N[C@H](C(=O)O)c1ccccc1. The summed E-state index contributed by atoms with van der Waals surface area (Å²) in [6.45, 7) is 0. The van der Waals surface area contributed by atoms with Gasteiger partial charge in [-0.25, -0.2) is 9.78 Å². The molecule has 0 saturated heterocycles. The molecule has 0 bridgehead atoms. The third-order valence-corrected chi connectivity index (χ3v) is 4.85. The van der Waals surface area contributed by atoms with Crippen molar-refractivity contribution in [1.29, 1.82) is 0 Å². The van der Waals surface area contributed by atoms with Gasteiger partial charge in [-0.2, -0.15) is 0 Å². The molecular weight excluding hydrogens is 421 g/mol. The molecule has 1 heterocycles. The number of carboxylic acid groups (broad SMARTS) is 1. The minimum absolute atomic E-state index is 0.137. The van der Waals surface area contributed by atoms with Crippen LogP contribution in [0, 0.1) is 0 Å². The van der Waals surface area contributed by atoms with Gasteiger partial charge in [0.05, 0.1) is 12.1 Å². The van der Waals surface area contributed by atoms with Gasteiger partial charge in [0.25, 0.3) is 0 Å². The summed E-state index contributed by atoms with van der Waals surface area (Å²) in [7, 11) is 0. The van der Waals surface area contributed by atoms with Crippen molar-refractivity contribution < 1.29 is 32.6 Å². The fourth-order valence-corrected chi connectivity index (χ4v) is 3.46. The first-order valence-corrected chi connectivity index (χ1v) is 9.47. The number of hydrogen-bond donors (Lipinski definition) is 2. The number of carbonyl (C=O) groups is 2. The summed E-state index contributed by atoms with van der Waals surface area (Å²) in [6.07, 6.45) is -4.90. The zero-order chi connectivity index (χ0) is 21.7. The zero-order valence-corrected chi connectivity index (χ0v) is 16.0. The molecule has 0 fully saturated rings. The number of carboxylic acids is 1. The van der Waals surface area contributed by atoms with Crippen molar-refractivity contribution in [2.45, 2.75) is 18.8 Å². The molecule has 3 aromatic rings. The van der Waals surface area contributed by atoms with E-state index < -0.39 is 24.3 Å². The average molecular weight is 436 g/mol. The molecule has 0 radical (unpaired) electrons. The van der Waals surface area contributed by atoms with Crippen LogP contribution in [0.2, 0.25) is 0 Å². The lowest BCUT2D eigenvalue weighted by molar-refractivity contribution is -0.274. The number of rotatable bonds is 7. The van der Waals surface area contributed by atoms with Gasteiger partial charge in [0, 0.05) is 10.9 Å². The molecule has 0 aliphatic heterocycles. The summed E-state index contributed by atoms with van der Waals surface area (Å²) < 4.78 is 40.5. The van der Waals surface area contributed by atoms with E-state index in [4.69, 9.17) is 0 Å². The van der Waals surface area contributed by atoms with E-state index in [1.165, 1.54) is 35.6 Å². The second-order valence-corrected chi connectivity index (χ2v) is 7.00. The fraction of sp³-hybridized carbons (Fsp3) is 0.150. The molecule has 0 unspecified atom stereocenters. The summed E-state index contributed by atoms with van der Waals surface area (Å²) in [6, 6.07) is 12.3. The Morgan fingerprint density at radius 1 is 1.10 bits per heavy atom. The van der Waals surface area contributed by atoms with E-state index in [0.29, 0.717) is 21.8 Å². The number of nitrogens with one attached hydrogen (secondary N) is 1. The van der Waals surface area contributed by atoms with E-state index in [0.717, 1.165) is 0 Å². The highest BCUT2D eigenvalue weighted by Crippen LogP contribution is 2.28. The lowest BCUT2D eigenvalue weighted by Gasteiger charge is -2.14. The van der Waals surface area contributed by atoms with Crippen molar-refractivity contribution in [2.24, 2.45) is 0 Å². The van der Waals surface area contributed by atoms with Crippen molar-refractivity contribution >= 4 is 23.2 Å². The summed E-state index contributed by atoms with van der Waals surface area (Å²) >= 11 is 1.21. The lowest BCUT2D eigenvalue weighted by atomic mass is 10.1. The van der Waals surface area contributed by atoms with Crippen molar-refractivity contribution in [3.63, 3.8) is 0 Å². The number of nitrogens with zero attached hydrogens (tertiary/aromatic N) is 1. The molecule has 6 nitrogen and oxygen atoms in total. The van der Waals surface area contributed by atoms with Crippen LogP contribution in [-0.4, -0.2) is 28.3 Å². The molecule has 2 aromatic carbocycles. The standard InChI is InChI=1S/C20H15F3N2O4S/c21-20(22,23)29-15-8-6-13(7-9-15)18-24-14(11-30-18)10-16(26)25-17(19(27)28)12-4-2-1-3-5-12/h1-9,11,17H,10H2,(H,25,26)(H,27,28)/t17-/m0/s1. The topological polar surface area (TPSA) is 88.5 Å². The number of ether oxygens (including phenoxy) is 1. The molecule has 1 amide bonds. The molecule has 10 heteroatoms. The van der Waals surface area contributed by atoms with Crippen LogP contribution < -0.4 is 10.1 Å². The van der Waals surface area contributed by atoms with Gasteiger partial charge in [-0.3, -0.25) is 4.79 Å². The van der Waals surface area contributed by atoms with Crippen molar-refractivity contribution in [3.05, 3.63) is 71.2 Å². The maximum atomic E-state index is 12.3. The average Bonchev–Trinajstić information content (AvgIpc) is 3.14. The van der Waals surface area contributed by atoms with Gasteiger partial charge in [0.2, 0.25) is 5.91 Å². The Balaban J connectivity index is 1.65. The van der Waals surface area contributed by atoms with E-state index in [9.17, 15) is 27.9 Å². The summed E-state index contributed by atoms with van der Waals surface area (Å²) in [4.78, 5) is 28.1. The minimum atomic E-state index is -4.77. The quantitative estimate of drug-likeness (QED) is 0.580. The van der Waals surface area contributed by atoms with Crippen LogP contribution in [0.1, 0.15) is 17.3 Å². The Hall–Kier alpha value is -3.40. The first kappa shape index (κ1) is 21.3. The number of amides is 1. The first-order valence-electron chi connectivity index (χ1n) is 8.59. The van der Waals surface area contributed by atoms with E-state index in [2.05, 4.69) is 15.0 Å². The third-order valence-electron chi connectivity index (χ3n) is 3.91. The fourth-order valence-electron chi connectivity index (χ4n) is 2.63. The number of aliphatic carboxylic acids is 1. The van der Waals surface area contributed by atoms with Crippen LogP contribution in [0.25, 0.3) is 10.6 Å². The van der Waals surface area contributed by atoms with Crippen LogP contribution in [0.4, 0.5) is 13.2 Å². The second-order valence-electron chi connectivity index (χ2n) is 6.14. The molecule has 2 N–H and O–H groups in total. The number of thiazole rings is 1. The number of alkyl halides is 3. The zero-order valence-electron chi connectivity index (χ0n) is 15.2. The van der Waals surface area contributed by atoms with Crippen LogP contribution in [0.15, 0.2) is 60.0 Å². The Bertz CT molecular complexity index is 1020. The molecule has 0 spiro atoms. The highest BCUT2D eigenvalue weighted by molar-refractivity contribution is 7.13. The van der Waals surface area contributed by atoms with Crippen molar-refractivity contribution in [2.75, 3.05) is 0 Å². The Labute approximate surface area is 173 Å². The lowest BCUT2D eigenvalue weighted by Crippen LogP contribution is -2.34. The van der Waals surface area contributed by atoms with Gasteiger partial charge in [0.15, 0.2) is 6.04 Å². The van der Waals surface area contributed by atoms with Gasteiger partial charge in [-0.1, -0.05) is 30.3 Å². The van der Waals surface area contributed by atoms with Gasteiger partial charge in [-0.15, -0.1) is 24.5 Å².